The molecule has 0 radical (unpaired) electrons. The minimum absolute atomic E-state index is 0.0482. The van der Waals surface area contributed by atoms with Gasteiger partial charge in [0.2, 0.25) is 0 Å². The highest BCUT2D eigenvalue weighted by Crippen LogP contribution is 2.21. The number of carboxylic acids is 1. The Kier molecular flexibility index (Phi) is 3.53. The first kappa shape index (κ1) is 12.4. The Balaban J connectivity index is 2.34. The fraction of sp³-hybridized carbons (Fsp3) is 0.0833. The van der Waals surface area contributed by atoms with E-state index in [9.17, 15) is 9.18 Å². The van der Waals surface area contributed by atoms with Crippen molar-refractivity contribution in [1.82, 2.24) is 9.97 Å². The molecule has 4 nitrogen and oxygen atoms in total. The zero-order valence-electron chi connectivity index (χ0n) is 9.10. The summed E-state index contributed by atoms with van der Waals surface area (Å²) in [6.07, 6.45) is 1.37. The van der Waals surface area contributed by atoms with Crippen molar-refractivity contribution in [1.29, 1.82) is 0 Å². The third-order valence-electron chi connectivity index (χ3n) is 2.32. The molecule has 0 saturated carbocycles. The quantitative estimate of drug-likeness (QED) is 0.927. The average molecular weight is 267 g/mol. The van der Waals surface area contributed by atoms with Crippen LogP contribution in [-0.4, -0.2) is 21.0 Å². The van der Waals surface area contributed by atoms with Gasteiger partial charge >= 0.3 is 5.97 Å². The lowest BCUT2D eigenvalue weighted by atomic mass is 10.1. The van der Waals surface area contributed by atoms with Gasteiger partial charge in [0, 0.05) is 23.2 Å². The maximum Gasteiger partial charge on any atom is 0.354 e. The molecule has 1 aromatic heterocycles. The Morgan fingerprint density at radius 3 is 2.83 bits per heavy atom. The third kappa shape index (κ3) is 2.62. The van der Waals surface area contributed by atoms with Crippen LogP contribution in [-0.2, 0) is 6.42 Å². The van der Waals surface area contributed by atoms with Gasteiger partial charge in [0.25, 0.3) is 0 Å². The monoisotopic (exact) mass is 266 g/mol. The van der Waals surface area contributed by atoms with Crippen molar-refractivity contribution >= 4 is 17.6 Å². The summed E-state index contributed by atoms with van der Waals surface area (Å²) >= 11 is 5.87. The lowest BCUT2D eigenvalue weighted by Gasteiger charge is -2.05. The predicted octanol–water partition coefficient (Wildman–Crippen LogP) is 2.56. The summed E-state index contributed by atoms with van der Waals surface area (Å²) < 4.78 is 13.5. The lowest BCUT2D eigenvalue weighted by molar-refractivity contribution is 0.0690. The van der Waals surface area contributed by atoms with E-state index in [1.807, 2.05) is 0 Å². The van der Waals surface area contributed by atoms with Gasteiger partial charge in [0.1, 0.15) is 11.6 Å². The highest BCUT2D eigenvalue weighted by atomic mass is 35.5. The first-order valence-electron chi connectivity index (χ1n) is 5.06. The Labute approximate surface area is 107 Å². The van der Waals surface area contributed by atoms with E-state index < -0.39 is 11.8 Å². The molecule has 0 aliphatic heterocycles. The summed E-state index contributed by atoms with van der Waals surface area (Å²) in [6, 6.07) is 5.60. The Morgan fingerprint density at radius 2 is 2.17 bits per heavy atom. The lowest BCUT2D eigenvalue weighted by Crippen LogP contribution is -2.06. The summed E-state index contributed by atoms with van der Waals surface area (Å²) in [4.78, 5) is 18.5. The molecule has 0 saturated heterocycles. The summed E-state index contributed by atoms with van der Waals surface area (Å²) in [5, 5.41) is 9.06. The fourth-order valence-corrected chi connectivity index (χ4v) is 1.69. The minimum atomic E-state index is -1.15. The van der Waals surface area contributed by atoms with Crippen LogP contribution in [0.3, 0.4) is 0 Å². The standard InChI is InChI=1S/C12H8ClFN2O2/c13-8-2-1-3-9(14)7(8)6-11-15-5-4-10(16-11)12(17)18/h1-5H,6H2,(H,17,18). The van der Waals surface area contributed by atoms with E-state index >= 15 is 0 Å². The van der Waals surface area contributed by atoms with Crippen LogP contribution in [0.2, 0.25) is 5.02 Å². The molecule has 0 unspecified atom stereocenters. The summed E-state index contributed by atoms with van der Waals surface area (Å²) in [5.74, 6) is -1.41. The number of nitrogens with zero attached hydrogens (tertiary/aromatic N) is 2. The molecule has 0 aliphatic carbocycles. The normalized spacial score (nSPS) is 10.3. The number of hydrogen-bond acceptors (Lipinski definition) is 3. The van der Waals surface area contributed by atoms with Gasteiger partial charge in [0.15, 0.2) is 5.69 Å². The van der Waals surface area contributed by atoms with Gasteiger partial charge in [-0.15, -0.1) is 0 Å². The van der Waals surface area contributed by atoms with E-state index in [1.54, 1.807) is 6.07 Å². The molecule has 0 spiro atoms. The van der Waals surface area contributed by atoms with Crippen LogP contribution in [0.25, 0.3) is 0 Å². The van der Waals surface area contributed by atoms with Crippen molar-refractivity contribution in [3.8, 4) is 0 Å². The first-order valence-corrected chi connectivity index (χ1v) is 5.44. The first-order chi connectivity index (χ1) is 8.58. The number of halogens is 2. The van der Waals surface area contributed by atoms with Gasteiger partial charge in [-0.1, -0.05) is 17.7 Å². The molecule has 6 heteroatoms. The molecule has 0 fully saturated rings. The van der Waals surface area contributed by atoms with Crippen molar-refractivity contribution in [3.63, 3.8) is 0 Å². The van der Waals surface area contributed by atoms with E-state index in [0.717, 1.165) is 0 Å². The van der Waals surface area contributed by atoms with E-state index in [1.165, 1.54) is 24.4 Å². The Hall–Kier alpha value is -2.01. The van der Waals surface area contributed by atoms with Crippen LogP contribution < -0.4 is 0 Å². The van der Waals surface area contributed by atoms with Crippen molar-refractivity contribution in [2.45, 2.75) is 6.42 Å². The third-order valence-corrected chi connectivity index (χ3v) is 2.68. The van der Waals surface area contributed by atoms with Gasteiger partial charge in [-0.2, -0.15) is 0 Å². The van der Waals surface area contributed by atoms with Crippen LogP contribution in [0.4, 0.5) is 4.39 Å². The second kappa shape index (κ2) is 5.10. The molecule has 18 heavy (non-hydrogen) atoms. The smallest absolute Gasteiger partial charge is 0.354 e. The molecule has 1 heterocycles. The zero-order valence-corrected chi connectivity index (χ0v) is 9.86. The molecule has 0 atom stereocenters. The van der Waals surface area contributed by atoms with Crippen molar-refractivity contribution in [2.24, 2.45) is 0 Å². The number of rotatable bonds is 3. The largest absolute Gasteiger partial charge is 0.477 e. The molecule has 0 amide bonds. The Morgan fingerprint density at radius 1 is 1.39 bits per heavy atom. The molecule has 0 aliphatic rings. The van der Waals surface area contributed by atoms with Crippen LogP contribution in [0, 0.1) is 5.82 Å². The van der Waals surface area contributed by atoms with Gasteiger partial charge in [-0.3, -0.25) is 0 Å². The SMILES string of the molecule is O=C(O)c1ccnc(Cc2c(F)cccc2Cl)n1. The number of hydrogen-bond donors (Lipinski definition) is 1. The molecule has 0 bridgehead atoms. The maximum absolute atomic E-state index is 13.5. The van der Waals surface area contributed by atoms with Crippen LogP contribution in [0.1, 0.15) is 21.9 Å². The molecular weight excluding hydrogens is 259 g/mol. The predicted molar refractivity (Wildman–Crippen MR) is 63.2 cm³/mol. The zero-order chi connectivity index (χ0) is 13.1. The summed E-state index contributed by atoms with van der Waals surface area (Å²) in [5.41, 5.74) is 0.120. The van der Waals surface area contributed by atoms with Crippen LogP contribution in [0.15, 0.2) is 30.5 Å². The number of carbonyl (C=O) groups is 1. The van der Waals surface area contributed by atoms with Gasteiger partial charge in [-0.25, -0.2) is 19.2 Å². The van der Waals surface area contributed by atoms with Crippen molar-refractivity contribution in [2.75, 3.05) is 0 Å². The average Bonchev–Trinajstić information content (AvgIpc) is 2.34. The topological polar surface area (TPSA) is 63.1 Å². The van der Waals surface area contributed by atoms with Crippen LogP contribution >= 0.6 is 11.6 Å². The highest BCUT2D eigenvalue weighted by molar-refractivity contribution is 6.31. The summed E-state index contributed by atoms with van der Waals surface area (Å²) in [6.45, 7) is 0. The van der Waals surface area contributed by atoms with E-state index in [2.05, 4.69) is 9.97 Å². The second-order valence-corrected chi connectivity index (χ2v) is 3.95. The van der Waals surface area contributed by atoms with Gasteiger partial charge in [-0.05, 0) is 18.2 Å². The van der Waals surface area contributed by atoms with E-state index in [-0.39, 0.29) is 28.5 Å². The summed E-state index contributed by atoms with van der Waals surface area (Å²) in [7, 11) is 0. The molecule has 2 aromatic rings. The molecule has 92 valence electrons. The van der Waals surface area contributed by atoms with Gasteiger partial charge in [0.05, 0.1) is 0 Å². The fourth-order valence-electron chi connectivity index (χ4n) is 1.46. The Bertz CT molecular complexity index is 584. The molecule has 2 rings (SSSR count). The number of aromatic carboxylic acids is 1. The minimum Gasteiger partial charge on any atom is -0.477 e. The highest BCUT2D eigenvalue weighted by Gasteiger charge is 2.11. The number of benzene rings is 1. The van der Waals surface area contributed by atoms with Crippen molar-refractivity contribution < 1.29 is 14.3 Å². The molecule has 1 N–H and O–H groups in total. The van der Waals surface area contributed by atoms with Gasteiger partial charge < -0.3 is 5.11 Å². The second-order valence-electron chi connectivity index (χ2n) is 3.54. The van der Waals surface area contributed by atoms with E-state index in [4.69, 9.17) is 16.7 Å². The maximum atomic E-state index is 13.5. The number of aromatic nitrogens is 2. The van der Waals surface area contributed by atoms with Crippen LogP contribution in [0.5, 0.6) is 0 Å². The number of carboxylic acid groups (broad SMARTS) is 1. The molecule has 1 aromatic carbocycles. The molecular formula is C12H8ClFN2O2. The van der Waals surface area contributed by atoms with Crippen molar-refractivity contribution in [3.05, 3.63) is 58.4 Å². The van der Waals surface area contributed by atoms with E-state index in [0.29, 0.717) is 0 Å².